The summed E-state index contributed by atoms with van der Waals surface area (Å²) >= 11 is 0. The first-order valence-electron chi connectivity index (χ1n) is 7.31. The highest BCUT2D eigenvalue weighted by atomic mass is 16.5. The maximum absolute atomic E-state index is 10.8. The molecule has 1 aromatic rings. The number of carboxylic acid groups (broad SMARTS) is 1. The molecule has 1 aromatic carbocycles. The lowest BCUT2D eigenvalue weighted by atomic mass is 10.1. The molecule has 6 nitrogen and oxygen atoms in total. The van der Waals surface area contributed by atoms with Gasteiger partial charge in [0.25, 0.3) is 0 Å². The molecule has 0 saturated heterocycles. The van der Waals surface area contributed by atoms with Gasteiger partial charge in [-0.2, -0.15) is 0 Å². The van der Waals surface area contributed by atoms with Crippen molar-refractivity contribution >= 4 is 17.9 Å². The topological polar surface area (TPSA) is 89.9 Å². The van der Waals surface area contributed by atoms with Crippen molar-refractivity contribution in [1.29, 1.82) is 0 Å². The fourth-order valence-electron chi connectivity index (χ4n) is 1.38. The molecule has 6 heteroatoms. The lowest BCUT2D eigenvalue weighted by Crippen LogP contribution is -2.03. The Kier molecular flexibility index (Phi) is 10.7. The van der Waals surface area contributed by atoms with Gasteiger partial charge in [-0.1, -0.05) is 49.6 Å². The maximum atomic E-state index is 10.8. The van der Waals surface area contributed by atoms with Gasteiger partial charge in [-0.15, -0.1) is 0 Å². The Morgan fingerprint density at radius 1 is 1.20 bits per heavy atom. The van der Waals surface area contributed by atoms with Gasteiger partial charge in [-0.05, 0) is 18.9 Å². The Balaban J connectivity index is 0.000000462. The molecule has 0 saturated carbocycles. The molecule has 0 aliphatic rings. The highest BCUT2D eigenvalue weighted by molar-refractivity contribution is 5.89. The number of methoxy groups -OCH3 is 1. The van der Waals surface area contributed by atoms with Gasteiger partial charge >= 0.3 is 17.9 Å². The number of allylic oxidation sites excluding steroid dienone is 1. The summed E-state index contributed by atoms with van der Waals surface area (Å²) in [6.07, 6.45) is 2.77. The van der Waals surface area contributed by atoms with Crippen LogP contribution < -0.4 is 0 Å². The molecule has 0 aromatic heterocycles. The SMILES string of the molecule is C=C(CC=C(C)C(=O)O)C(=O)OC.C=CC(=O)OCc1ccccc1. The summed E-state index contributed by atoms with van der Waals surface area (Å²) in [6, 6.07) is 9.51. The first-order chi connectivity index (χ1) is 11.8. The van der Waals surface area contributed by atoms with E-state index in [-0.39, 0.29) is 23.5 Å². The average Bonchev–Trinajstić information content (AvgIpc) is 2.64. The molecule has 0 bridgehead atoms. The predicted octanol–water partition coefficient (Wildman–Crippen LogP) is 3.05. The monoisotopic (exact) mass is 346 g/mol. The van der Waals surface area contributed by atoms with Gasteiger partial charge in [-0.25, -0.2) is 14.4 Å². The summed E-state index contributed by atoms with van der Waals surface area (Å²) in [7, 11) is 1.25. The van der Waals surface area contributed by atoms with Crippen molar-refractivity contribution in [3.63, 3.8) is 0 Å². The fourth-order valence-corrected chi connectivity index (χ4v) is 1.38. The van der Waals surface area contributed by atoms with E-state index in [9.17, 15) is 14.4 Å². The third-order valence-electron chi connectivity index (χ3n) is 2.86. The normalized spacial score (nSPS) is 9.92. The predicted molar refractivity (Wildman–Crippen MR) is 93.6 cm³/mol. The number of benzene rings is 1. The molecular formula is C19H22O6. The van der Waals surface area contributed by atoms with E-state index in [1.165, 1.54) is 20.1 Å². The van der Waals surface area contributed by atoms with Crippen LogP contribution in [-0.2, 0) is 30.5 Å². The van der Waals surface area contributed by atoms with Crippen LogP contribution in [0.5, 0.6) is 0 Å². The third kappa shape index (κ3) is 10.3. The molecule has 134 valence electrons. The van der Waals surface area contributed by atoms with Crippen LogP contribution in [-0.4, -0.2) is 30.1 Å². The number of ether oxygens (including phenoxy) is 2. The van der Waals surface area contributed by atoms with Crippen molar-refractivity contribution in [3.8, 4) is 0 Å². The summed E-state index contributed by atoms with van der Waals surface area (Å²) in [6.45, 7) is 8.51. The molecule has 0 amide bonds. The van der Waals surface area contributed by atoms with Gasteiger partial charge in [-0.3, -0.25) is 0 Å². The minimum Gasteiger partial charge on any atom is -0.478 e. The van der Waals surface area contributed by atoms with Crippen molar-refractivity contribution in [2.24, 2.45) is 0 Å². The zero-order chi connectivity index (χ0) is 19.2. The molecule has 0 aliphatic carbocycles. The number of carboxylic acids is 1. The fraction of sp³-hybridized carbons (Fsp3) is 0.211. The zero-order valence-corrected chi connectivity index (χ0v) is 14.4. The van der Waals surface area contributed by atoms with E-state index in [2.05, 4.69) is 17.9 Å². The Labute approximate surface area is 147 Å². The van der Waals surface area contributed by atoms with Crippen molar-refractivity contribution in [2.45, 2.75) is 20.0 Å². The molecule has 0 heterocycles. The number of aliphatic carboxylic acids is 1. The number of rotatable bonds is 7. The highest BCUT2D eigenvalue weighted by Gasteiger charge is 2.05. The Morgan fingerprint density at radius 3 is 2.28 bits per heavy atom. The number of hydrogen-bond acceptors (Lipinski definition) is 5. The van der Waals surface area contributed by atoms with E-state index in [0.29, 0.717) is 6.61 Å². The summed E-state index contributed by atoms with van der Waals surface area (Å²) < 4.78 is 9.21. The first kappa shape index (κ1) is 21.9. The van der Waals surface area contributed by atoms with E-state index < -0.39 is 11.9 Å². The second-order valence-corrected chi connectivity index (χ2v) is 4.79. The van der Waals surface area contributed by atoms with Crippen molar-refractivity contribution in [2.75, 3.05) is 7.11 Å². The van der Waals surface area contributed by atoms with Crippen LogP contribution >= 0.6 is 0 Å². The van der Waals surface area contributed by atoms with Crippen LogP contribution in [0.15, 0.2) is 66.8 Å². The van der Waals surface area contributed by atoms with E-state index in [4.69, 9.17) is 9.84 Å². The summed E-state index contributed by atoms with van der Waals surface area (Å²) in [5, 5.41) is 8.48. The second kappa shape index (κ2) is 12.3. The molecule has 1 rings (SSSR count). The Morgan fingerprint density at radius 2 is 1.80 bits per heavy atom. The molecule has 1 N–H and O–H groups in total. The van der Waals surface area contributed by atoms with E-state index in [1.54, 1.807) is 0 Å². The molecule has 25 heavy (non-hydrogen) atoms. The van der Waals surface area contributed by atoms with E-state index in [0.717, 1.165) is 11.6 Å². The van der Waals surface area contributed by atoms with E-state index in [1.807, 2.05) is 30.3 Å². The summed E-state index contributed by atoms with van der Waals surface area (Å²) in [5.41, 5.74) is 1.40. The largest absolute Gasteiger partial charge is 0.478 e. The van der Waals surface area contributed by atoms with Crippen LogP contribution in [0.2, 0.25) is 0 Å². The minimum absolute atomic E-state index is 0.185. The summed E-state index contributed by atoms with van der Waals surface area (Å²) in [5.74, 6) is -1.91. The average molecular weight is 346 g/mol. The van der Waals surface area contributed by atoms with Gasteiger partial charge in [0.2, 0.25) is 0 Å². The van der Waals surface area contributed by atoms with Crippen molar-refractivity contribution in [1.82, 2.24) is 0 Å². The second-order valence-electron chi connectivity index (χ2n) is 4.79. The van der Waals surface area contributed by atoms with Crippen LogP contribution in [0.3, 0.4) is 0 Å². The highest BCUT2D eigenvalue weighted by Crippen LogP contribution is 2.04. The molecule has 0 aliphatic heterocycles. The van der Waals surface area contributed by atoms with Gasteiger partial charge in [0.05, 0.1) is 7.11 Å². The van der Waals surface area contributed by atoms with E-state index >= 15 is 0 Å². The minimum atomic E-state index is -1.00. The number of hydrogen-bond donors (Lipinski definition) is 1. The smallest absolute Gasteiger partial charge is 0.333 e. The standard InChI is InChI=1S/C10H10O2.C9H12O4/c1-2-10(11)12-8-9-6-4-3-5-7-9;1-6(8(10)11)4-5-7(2)9(12)13-3/h2-7H,1,8H2;4H,2,5H2,1,3H3,(H,10,11). The quantitative estimate of drug-likeness (QED) is 0.603. The molecule has 0 spiro atoms. The van der Waals surface area contributed by atoms with Crippen LogP contribution in [0.4, 0.5) is 0 Å². The van der Waals surface area contributed by atoms with Crippen LogP contribution in [0.25, 0.3) is 0 Å². The molecule has 0 fully saturated rings. The molecule has 0 radical (unpaired) electrons. The number of carbonyl (C=O) groups excluding carboxylic acids is 2. The van der Waals surface area contributed by atoms with Crippen molar-refractivity contribution in [3.05, 3.63) is 72.4 Å². The van der Waals surface area contributed by atoms with Crippen LogP contribution in [0, 0.1) is 0 Å². The van der Waals surface area contributed by atoms with Gasteiger partial charge in [0.15, 0.2) is 0 Å². The van der Waals surface area contributed by atoms with Gasteiger partial charge in [0, 0.05) is 17.2 Å². The number of carbonyl (C=O) groups is 3. The number of esters is 2. The Bertz CT molecular complexity index is 643. The first-order valence-corrected chi connectivity index (χ1v) is 7.31. The van der Waals surface area contributed by atoms with Gasteiger partial charge < -0.3 is 14.6 Å². The van der Waals surface area contributed by atoms with Crippen LogP contribution in [0.1, 0.15) is 18.9 Å². The molecule has 0 unspecified atom stereocenters. The Hall–Kier alpha value is -3.15. The van der Waals surface area contributed by atoms with Crippen molar-refractivity contribution < 1.29 is 29.0 Å². The summed E-state index contributed by atoms with van der Waals surface area (Å²) in [4.78, 5) is 31.8. The molecule has 0 atom stereocenters. The lowest BCUT2D eigenvalue weighted by Gasteiger charge is -2.00. The zero-order valence-electron chi connectivity index (χ0n) is 14.4. The maximum Gasteiger partial charge on any atom is 0.333 e. The third-order valence-corrected chi connectivity index (χ3v) is 2.86. The lowest BCUT2D eigenvalue weighted by molar-refractivity contribution is -0.139. The van der Waals surface area contributed by atoms with Gasteiger partial charge in [0.1, 0.15) is 6.61 Å². The molecular weight excluding hydrogens is 324 g/mol.